The van der Waals surface area contributed by atoms with E-state index in [9.17, 15) is 8.42 Å². The topological polar surface area (TPSA) is 37.4 Å². The first-order valence-corrected chi connectivity index (χ1v) is 9.77. The van der Waals surface area contributed by atoms with Gasteiger partial charge >= 0.3 is 0 Å². The Balaban J connectivity index is 2.63. The predicted molar refractivity (Wildman–Crippen MR) is 90.7 cm³/mol. The summed E-state index contributed by atoms with van der Waals surface area (Å²) in [5.41, 5.74) is 0. The summed E-state index contributed by atoms with van der Waals surface area (Å²) in [6.45, 7) is 6.89. The molecule has 1 aromatic carbocycles. The first-order chi connectivity index (χ1) is 9.91. The number of alkyl halides is 1. The molecule has 0 bridgehead atoms. The van der Waals surface area contributed by atoms with Crippen molar-refractivity contribution >= 4 is 43.0 Å². The lowest BCUT2D eigenvalue weighted by molar-refractivity contribution is 0.381. The van der Waals surface area contributed by atoms with Gasteiger partial charge in [-0.15, -0.1) is 22.9 Å². The van der Waals surface area contributed by atoms with Gasteiger partial charge in [-0.1, -0.05) is 39.0 Å². The first-order valence-electron chi connectivity index (χ1n) is 6.98. The highest BCUT2D eigenvalue weighted by atomic mass is 35.5. The molecular formula is C15H20ClNO2S2. The molecule has 21 heavy (non-hydrogen) atoms. The SMILES string of the molecule is CCN(CC(C)C)S(=O)(=O)c1c(CCl)sc2ccccc12. The summed E-state index contributed by atoms with van der Waals surface area (Å²) >= 11 is 7.45. The van der Waals surface area contributed by atoms with Gasteiger partial charge in [-0.05, 0) is 12.0 Å². The van der Waals surface area contributed by atoms with Gasteiger partial charge in [0.05, 0.1) is 5.88 Å². The maximum absolute atomic E-state index is 13.0. The van der Waals surface area contributed by atoms with Gasteiger partial charge < -0.3 is 0 Å². The fourth-order valence-electron chi connectivity index (χ4n) is 2.38. The molecule has 0 aliphatic rings. The van der Waals surface area contributed by atoms with E-state index >= 15 is 0 Å². The van der Waals surface area contributed by atoms with E-state index in [1.54, 1.807) is 4.31 Å². The second-order valence-corrected chi connectivity index (χ2v) is 8.61. The van der Waals surface area contributed by atoms with Gasteiger partial charge in [-0.2, -0.15) is 4.31 Å². The van der Waals surface area contributed by atoms with Crippen LogP contribution < -0.4 is 0 Å². The average molecular weight is 346 g/mol. The lowest BCUT2D eigenvalue weighted by atomic mass is 10.2. The van der Waals surface area contributed by atoms with Crippen molar-refractivity contribution in [1.82, 2.24) is 4.31 Å². The Kier molecular flexibility index (Phi) is 5.30. The van der Waals surface area contributed by atoms with Gasteiger partial charge in [-0.3, -0.25) is 0 Å². The van der Waals surface area contributed by atoms with Crippen LogP contribution in [0.25, 0.3) is 10.1 Å². The highest BCUT2D eigenvalue weighted by Crippen LogP contribution is 2.37. The number of halogens is 1. The Bertz CT molecular complexity index is 722. The Hall–Kier alpha value is -0.620. The lowest BCUT2D eigenvalue weighted by Gasteiger charge is -2.22. The van der Waals surface area contributed by atoms with Crippen molar-refractivity contribution in [1.29, 1.82) is 0 Å². The van der Waals surface area contributed by atoms with Gasteiger partial charge in [0.2, 0.25) is 10.0 Å². The van der Waals surface area contributed by atoms with E-state index < -0.39 is 10.0 Å². The van der Waals surface area contributed by atoms with Crippen LogP contribution in [0.2, 0.25) is 0 Å². The molecule has 0 unspecified atom stereocenters. The van der Waals surface area contributed by atoms with E-state index in [0.29, 0.717) is 18.0 Å². The van der Waals surface area contributed by atoms with Crippen molar-refractivity contribution in [3.05, 3.63) is 29.1 Å². The fourth-order valence-corrected chi connectivity index (χ4v) is 6.12. The molecule has 3 nitrogen and oxygen atoms in total. The Labute approximate surface area is 135 Å². The van der Waals surface area contributed by atoms with Gasteiger partial charge in [0.25, 0.3) is 0 Å². The second-order valence-electron chi connectivity index (χ2n) is 5.33. The summed E-state index contributed by atoms with van der Waals surface area (Å²) in [6.07, 6.45) is 0. The van der Waals surface area contributed by atoms with Crippen molar-refractivity contribution in [3.63, 3.8) is 0 Å². The minimum absolute atomic E-state index is 0.215. The van der Waals surface area contributed by atoms with Gasteiger partial charge in [-0.25, -0.2) is 8.42 Å². The minimum Gasteiger partial charge on any atom is -0.207 e. The molecule has 116 valence electrons. The summed E-state index contributed by atoms with van der Waals surface area (Å²) in [4.78, 5) is 1.11. The molecule has 0 aliphatic heterocycles. The Morgan fingerprint density at radius 3 is 2.52 bits per heavy atom. The molecule has 0 amide bonds. The van der Waals surface area contributed by atoms with Crippen LogP contribution in [0.1, 0.15) is 25.6 Å². The van der Waals surface area contributed by atoms with Crippen molar-refractivity contribution in [2.45, 2.75) is 31.5 Å². The number of benzene rings is 1. The third-order valence-electron chi connectivity index (χ3n) is 3.26. The molecule has 2 aromatic rings. The quantitative estimate of drug-likeness (QED) is 0.732. The third kappa shape index (κ3) is 3.26. The van der Waals surface area contributed by atoms with Crippen LogP contribution in [-0.2, 0) is 15.9 Å². The van der Waals surface area contributed by atoms with E-state index in [-0.39, 0.29) is 11.8 Å². The summed E-state index contributed by atoms with van der Waals surface area (Å²) < 4.78 is 28.6. The van der Waals surface area contributed by atoms with Crippen LogP contribution in [0.5, 0.6) is 0 Å². The monoisotopic (exact) mass is 345 g/mol. The van der Waals surface area contributed by atoms with Gasteiger partial charge in [0, 0.05) is 28.1 Å². The standard InChI is InChI=1S/C15H20ClNO2S2/c1-4-17(10-11(2)3)21(18,19)15-12-7-5-6-8-13(12)20-14(15)9-16/h5-8,11H,4,9-10H2,1-3H3. The molecule has 1 aromatic heterocycles. The zero-order chi connectivity index (χ0) is 15.6. The average Bonchev–Trinajstić information content (AvgIpc) is 2.83. The Morgan fingerprint density at radius 2 is 1.95 bits per heavy atom. The second kappa shape index (κ2) is 6.65. The number of hydrogen-bond acceptors (Lipinski definition) is 3. The first kappa shape index (κ1) is 16.7. The fraction of sp³-hybridized carbons (Fsp3) is 0.467. The van der Waals surface area contributed by atoms with Crippen molar-refractivity contribution in [2.75, 3.05) is 13.1 Å². The summed E-state index contributed by atoms with van der Waals surface area (Å²) in [6, 6.07) is 7.58. The van der Waals surface area contributed by atoms with Crippen LogP contribution in [0.4, 0.5) is 0 Å². The molecule has 0 saturated carbocycles. The molecule has 2 rings (SSSR count). The lowest BCUT2D eigenvalue weighted by Crippen LogP contribution is -2.34. The molecule has 0 N–H and O–H groups in total. The maximum atomic E-state index is 13.0. The molecule has 0 saturated heterocycles. The number of nitrogens with zero attached hydrogens (tertiary/aromatic N) is 1. The molecular weight excluding hydrogens is 326 g/mol. The zero-order valence-electron chi connectivity index (χ0n) is 12.5. The zero-order valence-corrected chi connectivity index (χ0v) is 14.9. The van der Waals surface area contributed by atoms with E-state index in [1.165, 1.54) is 11.3 Å². The van der Waals surface area contributed by atoms with Crippen LogP contribution in [0.3, 0.4) is 0 Å². The van der Waals surface area contributed by atoms with Crippen molar-refractivity contribution in [2.24, 2.45) is 5.92 Å². The Morgan fingerprint density at radius 1 is 1.29 bits per heavy atom. The third-order valence-corrected chi connectivity index (χ3v) is 7.05. The molecule has 0 spiro atoms. The van der Waals surface area contributed by atoms with Crippen LogP contribution in [0.15, 0.2) is 29.2 Å². The molecule has 1 heterocycles. The van der Waals surface area contributed by atoms with Crippen LogP contribution >= 0.6 is 22.9 Å². The van der Waals surface area contributed by atoms with Crippen LogP contribution in [0, 0.1) is 5.92 Å². The largest absolute Gasteiger partial charge is 0.244 e. The summed E-state index contributed by atoms with van der Waals surface area (Å²) in [5.74, 6) is 0.497. The van der Waals surface area contributed by atoms with Crippen LogP contribution in [-0.4, -0.2) is 25.8 Å². The van der Waals surface area contributed by atoms with Gasteiger partial charge in [0.15, 0.2) is 0 Å². The number of fused-ring (bicyclic) bond motifs is 1. The molecule has 0 fully saturated rings. The van der Waals surface area contributed by atoms with E-state index in [2.05, 4.69) is 0 Å². The number of sulfonamides is 1. The minimum atomic E-state index is -3.51. The van der Waals surface area contributed by atoms with Crippen molar-refractivity contribution < 1.29 is 8.42 Å². The predicted octanol–water partition coefficient (Wildman–Crippen LogP) is 4.31. The number of thiophene rings is 1. The molecule has 0 radical (unpaired) electrons. The summed E-state index contributed by atoms with van der Waals surface area (Å²) in [5, 5.41) is 0.778. The van der Waals surface area contributed by atoms with Crippen molar-refractivity contribution in [3.8, 4) is 0 Å². The maximum Gasteiger partial charge on any atom is 0.244 e. The molecule has 0 atom stereocenters. The highest BCUT2D eigenvalue weighted by Gasteiger charge is 2.29. The molecule has 0 aliphatic carbocycles. The molecule has 6 heteroatoms. The number of hydrogen-bond donors (Lipinski definition) is 0. The highest BCUT2D eigenvalue weighted by molar-refractivity contribution is 7.89. The normalized spacial score (nSPS) is 12.7. The van der Waals surface area contributed by atoms with E-state index in [0.717, 1.165) is 15.0 Å². The van der Waals surface area contributed by atoms with Gasteiger partial charge in [0.1, 0.15) is 4.90 Å². The smallest absolute Gasteiger partial charge is 0.207 e. The van der Waals surface area contributed by atoms with E-state index in [4.69, 9.17) is 11.6 Å². The van der Waals surface area contributed by atoms with E-state index in [1.807, 2.05) is 45.0 Å². The summed E-state index contributed by atoms with van der Waals surface area (Å²) in [7, 11) is -3.51. The number of rotatable bonds is 6.